The number of esters is 4. The van der Waals surface area contributed by atoms with E-state index in [2.05, 4.69) is 10.6 Å². The molecule has 5 rings (SSSR count). The van der Waals surface area contributed by atoms with Crippen LogP contribution in [0.5, 0.6) is 0 Å². The average molecular weight is 747 g/mol. The standard InChI is InChI=1S/C39H42N2O13/c1-22(42)40-34-36(53-25(4)45)35(52-24(3)44)33(21-48-23(2)43)54-38(34)50-20-32(37(46)49-18-26-12-6-5-7-13-26)41-39(47)51-19-31-29-16-10-8-14-27(29)28-15-9-11-17-30(28)31/h5-17,31-36,38H,18-21H2,1-4H3,(H,40,42)(H,41,47)/t32-,33+,34+,35+,36+,38-/m0/s1. The molecule has 3 aromatic carbocycles. The van der Waals surface area contributed by atoms with E-state index in [1.54, 1.807) is 30.3 Å². The zero-order valence-corrected chi connectivity index (χ0v) is 30.2. The Morgan fingerprint density at radius 2 is 1.28 bits per heavy atom. The smallest absolute Gasteiger partial charge is 0.407 e. The number of alkyl carbamates (subject to hydrolysis) is 1. The van der Waals surface area contributed by atoms with Crippen molar-refractivity contribution in [2.75, 3.05) is 19.8 Å². The molecular weight excluding hydrogens is 704 g/mol. The first-order chi connectivity index (χ1) is 25.9. The number of hydrogen-bond acceptors (Lipinski definition) is 13. The minimum atomic E-state index is -1.50. The van der Waals surface area contributed by atoms with E-state index in [-0.39, 0.29) is 19.1 Å². The zero-order chi connectivity index (χ0) is 38.8. The summed E-state index contributed by atoms with van der Waals surface area (Å²) in [6.07, 6.45) is -6.44. The largest absolute Gasteiger partial charge is 0.463 e. The Balaban J connectivity index is 1.36. The molecule has 0 unspecified atom stereocenters. The van der Waals surface area contributed by atoms with Gasteiger partial charge in [-0.2, -0.15) is 0 Å². The second-order valence-corrected chi connectivity index (χ2v) is 12.7. The van der Waals surface area contributed by atoms with E-state index in [0.717, 1.165) is 43.0 Å². The summed E-state index contributed by atoms with van der Waals surface area (Å²) in [5.41, 5.74) is 4.74. The summed E-state index contributed by atoms with van der Waals surface area (Å²) in [6.45, 7) is 3.35. The molecule has 1 saturated heterocycles. The van der Waals surface area contributed by atoms with Gasteiger partial charge in [0.05, 0.1) is 6.61 Å². The minimum absolute atomic E-state index is 0.0394. The lowest BCUT2D eigenvalue weighted by Gasteiger charge is -2.45. The van der Waals surface area contributed by atoms with Crippen molar-refractivity contribution in [3.63, 3.8) is 0 Å². The van der Waals surface area contributed by atoms with Gasteiger partial charge in [0.2, 0.25) is 5.91 Å². The number of amides is 2. The molecule has 0 aromatic heterocycles. The van der Waals surface area contributed by atoms with Crippen LogP contribution in [0.3, 0.4) is 0 Å². The van der Waals surface area contributed by atoms with Gasteiger partial charge in [0, 0.05) is 33.6 Å². The number of carbonyl (C=O) groups excluding carboxylic acids is 6. The molecule has 3 aromatic rings. The van der Waals surface area contributed by atoms with Crippen molar-refractivity contribution in [3.8, 4) is 11.1 Å². The number of carbonyl (C=O) groups is 6. The Bertz CT molecular complexity index is 1790. The van der Waals surface area contributed by atoms with Crippen LogP contribution in [0, 0.1) is 0 Å². The van der Waals surface area contributed by atoms with Crippen LogP contribution in [0.25, 0.3) is 11.1 Å². The Kier molecular flexibility index (Phi) is 13.4. The van der Waals surface area contributed by atoms with Crippen LogP contribution in [0.1, 0.15) is 50.3 Å². The molecule has 1 aliphatic carbocycles. The predicted octanol–water partition coefficient (Wildman–Crippen LogP) is 3.31. The Morgan fingerprint density at radius 1 is 0.685 bits per heavy atom. The number of fused-ring (bicyclic) bond motifs is 3. The molecule has 2 aliphatic rings. The van der Waals surface area contributed by atoms with Gasteiger partial charge in [-0.15, -0.1) is 0 Å². The van der Waals surface area contributed by atoms with Crippen molar-refractivity contribution in [1.29, 1.82) is 0 Å². The van der Waals surface area contributed by atoms with Gasteiger partial charge in [-0.25, -0.2) is 9.59 Å². The first kappa shape index (κ1) is 39.4. The van der Waals surface area contributed by atoms with Gasteiger partial charge < -0.3 is 43.8 Å². The molecule has 6 atom stereocenters. The van der Waals surface area contributed by atoms with Crippen molar-refractivity contribution in [3.05, 3.63) is 95.6 Å². The molecule has 54 heavy (non-hydrogen) atoms. The maximum atomic E-state index is 13.5. The SMILES string of the molecule is CC(=O)N[C@H]1[C@@H](OC[C@H](NC(=O)OCC2c3ccccc3-c3ccccc32)C(=O)OCc2ccccc2)O[C@H](COC(C)=O)[C@@H](OC(C)=O)[C@@H]1OC(C)=O. The van der Waals surface area contributed by atoms with Crippen LogP contribution in [0.15, 0.2) is 78.9 Å². The third kappa shape index (κ3) is 10.2. The number of hydrogen-bond donors (Lipinski definition) is 2. The summed E-state index contributed by atoms with van der Waals surface area (Å²) in [5, 5.41) is 5.11. The van der Waals surface area contributed by atoms with E-state index in [4.69, 9.17) is 33.2 Å². The van der Waals surface area contributed by atoms with Crippen LogP contribution in [0.2, 0.25) is 0 Å². The summed E-state index contributed by atoms with van der Waals surface area (Å²) >= 11 is 0. The summed E-state index contributed by atoms with van der Waals surface area (Å²) in [5.74, 6) is -3.98. The molecule has 0 radical (unpaired) electrons. The average Bonchev–Trinajstić information content (AvgIpc) is 3.46. The van der Waals surface area contributed by atoms with E-state index < -0.39 is 85.8 Å². The maximum Gasteiger partial charge on any atom is 0.407 e. The van der Waals surface area contributed by atoms with Crippen molar-refractivity contribution in [2.45, 2.75) is 76.9 Å². The van der Waals surface area contributed by atoms with Gasteiger partial charge in [0.15, 0.2) is 24.5 Å². The molecular formula is C39H42N2O13. The van der Waals surface area contributed by atoms with Crippen LogP contribution in [-0.4, -0.2) is 92.4 Å². The molecule has 0 bridgehead atoms. The highest BCUT2D eigenvalue weighted by Gasteiger charge is 2.51. The van der Waals surface area contributed by atoms with Crippen LogP contribution >= 0.6 is 0 Å². The molecule has 2 amide bonds. The van der Waals surface area contributed by atoms with Crippen molar-refractivity contribution < 1.29 is 61.9 Å². The number of nitrogens with one attached hydrogen (secondary N) is 2. The third-order valence-corrected chi connectivity index (χ3v) is 8.64. The summed E-state index contributed by atoms with van der Waals surface area (Å²) in [7, 11) is 0. The summed E-state index contributed by atoms with van der Waals surface area (Å²) in [6, 6.07) is 21.7. The molecule has 1 aliphatic heterocycles. The van der Waals surface area contributed by atoms with E-state index in [0.29, 0.717) is 5.56 Å². The Morgan fingerprint density at radius 3 is 1.87 bits per heavy atom. The highest BCUT2D eigenvalue weighted by Crippen LogP contribution is 2.44. The monoisotopic (exact) mass is 746 g/mol. The number of benzene rings is 3. The third-order valence-electron chi connectivity index (χ3n) is 8.64. The van der Waals surface area contributed by atoms with Crippen molar-refractivity contribution >= 4 is 35.9 Å². The van der Waals surface area contributed by atoms with Gasteiger partial charge in [0.1, 0.15) is 32.0 Å². The molecule has 15 nitrogen and oxygen atoms in total. The van der Waals surface area contributed by atoms with Gasteiger partial charge in [0.25, 0.3) is 0 Å². The zero-order valence-electron chi connectivity index (χ0n) is 30.2. The summed E-state index contributed by atoms with van der Waals surface area (Å²) < 4.78 is 39.3. The second-order valence-electron chi connectivity index (χ2n) is 12.7. The van der Waals surface area contributed by atoms with E-state index in [1.807, 2.05) is 48.5 Å². The number of rotatable bonds is 14. The minimum Gasteiger partial charge on any atom is -0.463 e. The number of ether oxygens (including phenoxy) is 7. The maximum absolute atomic E-state index is 13.5. The van der Waals surface area contributed by atoms with E-state index in [9.17, 15) is 28.8 Å². The molecule has 2 N–H and O–H groups in total. The van der Waals surface area contributed by atoms with Crippen LogP contribution in [-0.2, 0) is 63.7 Å². The first-order valence-electron chi connectivity index (χ1n) is 17.2. The Hall–Kier alpha value is -5.80. The molecule has 15 heteroatoms. The molecule has 1 fully saturated rings. The van der Waals surface area contributed by atoms with E-state index >= 15 is 0 Å². The fraction of sp³-hybridized carbons (Fsp3) is 0.385. The quantitative estimate of drug-likeness (QED) is 0.181. The van der Waals surface area contributed by atoms with Crippen molar-refractivity contribution in [1.82, 2.24) is 10.6 Å². The lowest BCUT2D eigenvalue weighted by atomic mass is 9.96. The fourth-order valence-electron chi connectivity index (χ4n) is 6.40. The van der Waals surface area contributed by atoms with Crippen LogP contribution in [0.4, 0.5) is 4.79 Å². The van der Waals surface area contributed by atoms with Crippen LogP contribution < -0.4 is 10.6 Å². The van der Waals surface area contributed by atoms with Gasteiger partial charge in [-0.05, 0) is 27.8 Å². The topological polar surface area (TPSA) is 191 Å². The van der Waals surface area contributed by atoms with Gasteiger partial charge in [-0.1, -0.05) is 78.9 Å². The lowest BCUT2D eigenvalue weighted by Crippen LogP contribution is -2.67. The summed E-state index contributed by atoms with van der Waals surface area (Å²) in [4.78, 5) is 75.3. The second kappa shape index (κ2) is 18.3. The fourth-order valence-corrected chi connectivity index (χ4v) is 6.40. The molecule has 0 saturated carbocycles. The van der Waals surface area contributed by atoms with Crippen molar-refractivity contribution in [2.24, 2.45) is 0 Å². The van der Waals surface area contributed by atoms with E-state index in [1.165, 1.54) is 6.92 Å². The normalized spacial score (nSPS) is 20.6. The predicted molar refractivity (Wildman–Crippen MR) is 188 cm³/mol. The Labute approximate surface area is 311 Å². The first-order valence-corrected chi connectivity index (χ1v) is 17.2. The molecule has 1 heterocycles. The molecule has 286 valence electrons. The highest BCUT2D eigenvalue weighted by molar-refractivity contribution is 5.82. The van der Waals surface area contributed by atoms with Gasteiger partial charge >= 0.3 is 30.0 Å². The van der Waals surface area contributed by atoms with Gasteiger partial charge in [-0.3, -0.25) is 19.2 Å². The lowest BCUT2D eigenvalue weighted by molar-refractivity contribution is -0.278. The highest BCUT2D eigenvalue weighted by atomic mass is 16.7. The molecule has 0 spiro atoms.